The zero-order valence-electron chi connectivity index (χ0n) is 14.4. The molecule has 4 atom stereocenters. The molecule has 1 saturated heterocycles. The number of nitrogens with two attached hydrogens (primary N) is 1. The smallest absolute Gasteiger partial charge is 0.404 e. The van der Waals surface area contributed by atoms with E-state index in [2.05, 4.69) is 25.6 Å². The zero-order valence-corrected chi connectivity index (χ0v) is 15.3. The third-order valence-electron chi connectivity index (χ3n) is 4.08. The summed E-state index contributed by atoms with van der Waals surface area (Å²) in [7, 11) is 0. The highest BCUT2D eigenvalue weighted by atomic mass is 32.2. The lowest BCUT2D eigenvalue weighted by atomic mass is 10.1. The van der Waals surface area contributed by atoms with E-state index in [1.54, 1.807) is 0 Å². The molecule has 1 aliphatic rings. The molecule has 3 rings (SSSR count). The second-order valence-corrected chi connectivity index (χ2v) is 6.83. The van der Waals surface area contributed by atoms with Crippen molar-refractivity contribution in [2.45, 2.75) is 24.5 Å². The number of hydrogen-bond donors (Lipinski definition) is 6. The Bertz CT molecular complexity index is 818. The first-order chi connectivity index (χ1) is 12.9. The summed E-state index contributed by atoms with van der Waals surface area (Å²) in [5.41, 5.74) is 6.59. The van der Waals surface area contributed by atoms with Crippen molar-refractivity contribution in [1.29, 1.82) is 0 Å². The van der Waals surface area contributed by atoms with Crippen molar-refractivity contribution in [3.63, 3.8) is 0 Å². The number of nitrogen functional groups attached to an aromatic ring is 1. The van der Waals surface area contributed by atoms with Crippen LogP contribution in [0, 0.1) is 0 Å². The van der Waals surface area contributed by atoms with E-state index in [0.717, 1.165) is 0 Å². The number of hydrogen-bond acceptors (Lipinski definition) is 10. The fraction of sp³-hybridized carbons (Fsp3) is 0.571. The summed E-state index contributed by atoms with van der Waals surface area (Å²) in [5, 5.41) is 34.2. The van der Waals surface area contributed by atoms with Gasteiger partial charge < -0.3 is 36.4 Å². The lowest BCUT2D eigenvalue weighted by Crippen LogP contribution is -2.32. The number of rotatable bonds is 7. The standard InChI is InChI=1S/C14H21N7O5S/c1-27-4-6-8(22)9(23)12(26-6)21-5-18-7-10(15)19-13(20-11(7)21)16-2-3-17-14(24)25/h5-6,8-9,12,17,22-23H,2-4H2,1H3,(H,24,25)(H3,15,16,19,20)/t6-,8-,9+,12-/m1/s1. The topological polar surface area (TPSA) is 181 Å². The van der Waals surface area contributed by atoms with Crippen LogP contribution >= 0.6 is 11.8 Å². The normalized spacial score (nSPS) is 25.0. The zero-order chi connectivity index (χ0) is 19.6. The van der Waals surface area contributed by atoms with Gasteiger partial charge in [0.05, 0.1) is 12.4 Å². The van der Waals surface area contributed by atoms with Crippen molar-refractivity contribution in [2.75, 3.05) is 36.1 Å². The predicted octanol–water partition coefficient (Wildman–Crippen LogP) is -0.930. The molecule has 0 unspecified atom stereocenters. The van der Waals surface area contributed by atoms with Gasteiger partial charge in [0, 0.05) is 18.8 Å². The molecular formula is C14H21N7O5S. The highest BCUT2D eigenvalue weighted by Gasteiger charge is 2.44. The number of fused-ring (bicyclic) bond motifs is 1. The van der Waals surface area contributed by atoms with E-state index in [9.17, 15) is 15.0 Å². The van der Waals surface area contributed by atoms with Crippen molar-refractivity contribution >= 4 is 40.8 Å². The summed E-state index contributed by atoms with van der Waals surface area (Å²) in [5.74, 6) is 0.839. The summed E-state index contributed by atoms with van der Waals surface area (Å²) in [6.45, 7) is 0.408. The number of carbonyl (C=O) groups is 1. The van der Waals surface area contributed by atoms with E-state index in [-0.39, 0.29) is 24.9 Å². The molecule has 2 aromatic rings. The van der Waals surface area contributed by atoms with Crippen molar-refractivity contribution in [3.05, 3.63) is 6.33 Å². The molecule has 1 fully saturated rings. The van der Waals surface area contributed by atoms with Crippen LogP contribution in [-0.2, 0) is 4.74 Å². The number of amides is 1. The molecule has 13 heteroatoms. The maximum absolute atomic E-state index is 10.5. The molecule has 1 amide bonds. The predicted molar refractivity (Wildman–Crippen MR) is 98.6 cm³/mol. The number of nitrogens with zero attached hydrogens (tertiary/aromatic N) is 4. The second kappa shape index (κ2) is 8.12. The highest BCUT2D eigenvalue weighted by Crippen LogP contribution is 2.33. The minimum absolute atomic E-state index is 0.126. The van der Waals surface area contributed by atoms with Crippen LogP contribution in [0.15, 0.2) is 6.33 Å². The molecule has 1 aliphatic heterocycles. The lowest BCUT2D eigenvalue weighted by molar-refractivity contribution is -0.0288. The monoisotopic (exact) mass is 399 g/mol. The molecule has 148 valence electrons. The van der Waals surface area contributed by atoms with Crippen LogP contribution in [0.2, 0.25) is 0 Å². The van der Waals surface area contributed by atoms with Gasteiger partial charge in [-0.25, -0.2) is 9.78 Å². The Morgan fingerprint density at radius 1 is 1.37 bits per heavy atom. The Morgan fingerprint density at radius 2 is 2.15 bits per heavy atom. The number of imidazole rings is 1. The maximum atomic E-state index is 10.5. The van der Waals surface area contributed by atoms with Crippen molar-refractivity contribution < 1.29 is 24.9 Å². The average Bonchev–Trinajstić information content (AvgIpc) is 3.16. The Balaban J connectivity index is 1.83. The Labute approximate surface area is 158 Å². The first kappa shape index (κ1) is 19.4. The van der Waals surface area contributed by atoms with Crippen molar-refractivity contribution in [2.24, 2.45) is 0 Å². The Morgan fingerprint density at radius 3 is 2.85 bits per heavy atom. The third kappa shape index (κ3) is 4.00. The van der Waals surface area contributed by atoms with Gasteiger partial charge in [-0.1, -0.05) is 0 Å². The molecule has 0 aliphatic carbocycles. The molecule has 0 radical (unpaired) electrons. The first-order valence-electron chi connectivity index (χ1n) is 8.13. The molecule has 0 aromatic carbocycles. The number of nitrogens with one attached hydrogen (secondary N) is 2. The van der Waals surface area contributed by atoms with E-state index >= 15 is 0 Å². The molecule has 7 N–H and O–H groups in total. The van der Waals surface area contributed by atoms with Crippen molar-refractivity contribution in [1.82, 2.24) is 24.8 Å². The van der Waals surface area contributed by atoms with Gasteiger partial charge in [-0.15, -0.1) is 0 Å². The van der Waals surface area contributed by atoms with Gasteiger partial charge >= 0.3 is 6.09 Å². The summed E-state index contributed by atoms with van der Waals surface area (Å²) in [6.07, 6.45) is -1.38. The van der Waals surface area contributed by atoms with Gasteiger partial charge in [0.15, 0.2) is 17.7 Å². The summed E-state index contributed by atoms with van der Waals surface area (Å²) < 4.78 is 7.29. The Kier molecular flexibility index (Phi) is 5.84. The third-order valence-corrected chi connectivity index (χ3v) is 4.74. The molecule has 3 heterocycles. The van der Waals surface area contributed by atoms with E-state index in [4.69, 9.17) is 15.6 Å². The number of carboxylic acid groups (broad SMARTS) is 1. The number of anilines is 2. The fourth-order valence-corrected chi connectivity index (χ4v) is 3.41. The van der Waals surface area contributed by atoms with Crippen LogP contribution in [0.3, 0.4) is 0 Å². The number of aromatic nitrogens is 4. The molecule has 27 heavy (non-hydrogen) atoms. The molecule has 2 aromatic heterocycles. The number of ether oxygens (including phenoxy) is 1. The molecule has 0 saturated carbocycles. The fourth-order valence-electron chi connectivity index (χ4n) is 2.81. The number of aliphatic hydroxyl groups is 2. The van der Waals surface area contributed by atoms with Gasteiger partial charge in [0.1, 0.15) is 17.7 Å². The quantitative estimate of drug-likeness (QED) is 0.316. The summed E-state index contributed by atoms with van der Waals surface area (Å²) in [4.78, 5) is 23.1. The van der Waals surface area contributed by atoms with Crippen LogP contribution in [0.5, 0.6) is 0 Å². The first-order valence-corrected chi connectivity index (χ1v) is 9.53. The summed E-state index contributed by atoms with van der Waals surface area (Å²) in [6, 6.07) is 0. The van der Waals surface area contributed by atoms with E-state index in [0.29, 0.717) is 16.9 Å². The Hall–Kier alpha value is -2.35. The minimum atomic E-state index is -1.15. The molecule has 12 nitrogen and oxygen atoms in total. The molecule has 0 spiro atoms. The maximum Gasteiger partial charge on any atom is 0.404 e. The van der Waals surface area contributed by atoms with E-state index in [1.165, 1.54) is 22.7 Å². The molecule has 0 bridgehead atoms. The summed E-state index contributed by atoms with van der Waals surface area (Å²) >= 11 is 1.50. The average molecular weight is 399 g/mol. The lowest BCUT2D eigenvalue weighted by Gasteiger charge is -2.17. The van der Waals surface area contributed by atoms with Gasteiger partial charge in [0.25, 0.3) is 0 Å². The van der Waals surface area contributed by atoms with Gasteiger partial charge in [0.2, 0.25) is 5.95 Å². The van der Waals surface area contributed by atoms with Crippen LogP contribution in [0.4, 0.5) is 16.6 Å². The minimum Gasteiger partial charge on any atom is -0.465 e. The van der Waals surface area contributed by atoms with Crippen LogP contribution in [0.1, 0.15) is 6.23 Å². The van der Waals surface area contributed by atoms with Crippen LogP contribution in [0.25, 0.3) is 11.2 Å². The number of thioether (sulfide) groups is 1. The van der Waals surface area contributed by atoms with Crippen LogP contribution < -0.4 is 16.4 Å². The van der Waals surface area contributed by atoms with Crippen molar-refractivity contribution in [3.8, 4) is 0 Å². The van der Waals surface area contributed by atoms with Gasteiger partial charge in [-0.3, -0.25) is 4.57 Å². The largest absolute Gasteiger partial charge is 0.465 e. The van der Waals surface area contributed by atoms with Gasteiger partial charge in [-0.05, 0) is 6.26 Å². The number of aliphatic hydroxyl groups excluding tert-OH is 2. The van der Waals surface area contributed by atoms with E-state index in [1.807, 2.05) is 6.26 Å². The van der Waals surface area contributed by atoms with E-state index < -0.39 is 30.6 Å². The molecular weight excluding hydrogens is 378 g/mol. The van der Waals surface area contributed by atoms with Crippen LogP contribution in [-0.4, -0.2) is 84.3 Å². The highest BCUT2D eigenvalue weighted by molar-refractivity contribution is 7.98. The van der Waals surface area contributed by atoms with Gasteiger partial charge in [-0.2, -0.15) is 21.7 Å². The second-order valence-electron chi connectivity index (χ2n) is 5.92. The SMILES string of the molecule is CSC[C@H]1O[C@@H](n2cnc3c(N)nc(NCCNC(=O)O)nc32)[C@@H](O)[C@@H]1O.